The van der Waals surface area contributed by atoms with E-state index in [0.717, 1.165) is 0 Å². The SMILES string of the molecule is NC(=O)CC(NC(=O)C1CCCN1)C(=O)NC(CC(=O)O)C(=O)NC(CC(=O)O)C(=O)O. The summed E-state index contributed by atoms with van der Waals surface area (Å²) in [6, 6.07) is -5.85. The molecular formula is C17H25N5O10. The third-order valence-electron chi connectivity index (χ3n) is 4.42. The maximum atomic E-state index is 12.6. The quantitative estimate of drug-likeness (QED) is 0.132. The monoisotopic (exact) mass is 459 g/mol. The molecule has 15 heteroatoms. The highest BCUT2D eigenvalue weighted by molar-refractivity contribution is 5.97. The minimum atomic E-state index is -1.89. The molecule has 1 rings (SSSR count). The van der Waals surface area contributed by atoms with Crippen LogP contribution in [-0.4, -0.2) is 87.6 Å². The first-order valence-electron chi connectivity index (χ1n) is 9.49. The van der Waals surface area contributed by atoms with Gasteiger partial charge < -0.3 is 42.3 Å². The van der Waals surface area contributed by atoms with Gasteiger partial charge in [0.1, 0.15) is 18.1 Å². The molecule has 1 aliphatic heterocycles. The number of nitrogens with two attached hydrogens (primary N) is 1. The summed E-state index contributed by atoms with van der Waals surface area (Å²) in [5.74, 6) is -8.73. The van der Waals surface area contributed by atoms with Crippen molar-refractivity contribution in [1.29, 1.82) is 0 Å². The van der Waals surface area contributed by atoms with Crippen LogP contribution in [0.3, 0.4) is 0 Å². The number of carbonyl (C=O) groups is 7. The first-order chi connectivity index (χ1) is 14.9. The van der Waals surface area contributed by atoms with Gasteiger partial charge >= 0.3 is 17.9 Å². The fourth-order valence-corrected chi connectivity index (χ4v) is 2.89. The molecule has 1 aliphatic rings. The fraction of sp³-hybridized carbons (Fsp3) is 0.588. The van der Waals surface area contributed by atoms with Crippen molar-refractivity contribution in [3.63, 3.8) is 0 Å². The molecule has 9 N–H and O–H groups in total. The molecule has 0 radical (unpaired) electrons. The van der Waals surface area contributed by atoms with E-state index in [-0.39, 0.29) is 0 Å². The summed E-state index contributed by atoms with van der Waals surface area (Å²) in [6.45, 7) is 0.576. The minimum Gasteiger partial charge on any atom is -0.481 e. The molecule has 1 heterocycles. The zero-order valence-electron chi connectivity index (χ0n) is 16.8. The Labute approximate surface area is 181 Å². The van der Waals surface area contributed by atoms with Gasteiger partial charge in [-0.25, -0.2) is 4.79 Å². The number of carboxylic acids is 3. The molecule has 0 aromatic carbocycles. The van der Waals surface area contributed by atoms with Crippen LogP contribution >= 0.6 is 0 Å². The average molecular weight is 459 g/mol. The molecule has 4 unspecified atom stereocenters. The Bertz CT molecular complexity index is 780. The Kier molecular flexibility index (Phi) is 10.0. The van der Waals surface area contributed by atoms with E-state index >= 15 is 0 Å². The molecule has 15 nitrogen and oxygen atoms in total. The van der Waals surface area contributed by atoms with E-state index in [9.17, 15) is 33.6 Å². The highest BCUT2D eigenvalue weighted by Gasteiger charge is 2.33. The summed E-state index contributed by atoms with van der Waals surface area (Å²) < 4.78 is 0. The third kappa shape index (κ3) is 8.95. The van der Waals surface area contributed by atoms with Gasteiger partial charge in [-0.3, -0.25) is 28.8 Å². The predicted molar refractivity (Wildman–Crippen MR) is 103 cm³/mol. The van der Waals surface area contributed by atoms with Crippen molar-refractivity contribution in [2.45, 2.75) is 56.3 Å². The van der Waals surface area contributed by atoms with Gasteiger partial charge in [0, 0.05) is 0 Å². The highest BCUT2D eigenvalue weighted by Crippen LogP contribution is 2.06. The van der Waals surface area contributed by atoms with Crippen LogP contribution in [0.2, 0.25) is 0 Å². The number of hydrogen-bond donors (Lipinski definition) is 8. The van der Waals surface area contributed by atoms with Crippen LogP contribution in [0.5, 0.6) is 0 Å². The summed E-state index contributed by atoms with van der Waals surface area (Å²) in [7, 11) is 0. The van der Waals surface area contributed by atoms with Gasteiger partial charge in [0.2, 0.25) is 23.6 Å². The third-order valence-corrected chi connectivity index (χ3v) is 4.42. The lowest BCUT2D eigenvalue weighted by Gasteiger charge is -2.23. The fourth-order valence-electron chi connectivity index (χ4n) is 2.89. The average Bonchev–Trinajstić information content (AvgIpc) is 3.20. The first-order valence-corrected chi connectivity index (χ1v) is 9.49. The molecule has 4 amide bonds. The predicted octanol–water partition coefficient (Wildman–Crippen LogP) is -3.90. The largest absolute Gasteiger partial charge is 0.481 e. The Morgan fingerprint density at radius 2 is 1.31 bits per heavy atom. The molecule has 0 aromatic heterocycles. The Morgan fingerprint density at radius 3 is 1.75 bits per heavy atom. The number of carboxylic acid groups (broad SMARTS) is 3. The smallest absolute Gasteiger partial charge is 0.326 e. The highest BCUT2D eigenvalue weighted by atomic mass is 16.4. The van der Waals surface area contributed by atoms with E-state index in [1.54, 1.807) is 0 Å². The molecule has 0 saturated carbocycles. The zero-order valence-corrected chi connectivity index (χ0v) is 16.8. The van der Waals surface area contributed by atoms with E-state index in [1.165, 1.54) is 0 Å². The van der Waals surface area contributed by atoms with Gasteiger partial charge in [-0.2, -0.15) is 0 Å². The number of aliphatic carboxylic acids is 3. The number of hydrogen-bond acceptors (Lipinski definition) is 8. The number of carbonyl (C=O) groups excluding carboxylic acids is 4. The molecule has 0 aliphatic carbocycles. The second kappa shape index (κ2) is 12.2. The lowest BCUT2D eigenvalue weighted by molar-refractivity contribution is -0.148. The zero-order chi connectivity index (χ0) is 24.4. The number of amides is 4. The molecule has 4 atom stereocenters. The van der Waals surface area contributed by atoms with Crippen LogP contribution in [-0.2, 0) is 33.6 Å². The number of rotatable bonds is 13. The lowest BCUT2D eigenvalue weighted by atomic mass is 10.1. The van der Waals surface area contributed by atoms with Crippen LogP contribution in [0.25, 0.3) is 0 Å². The van der Waals surface area contributed by atoms with E-state index in [0.29, 0.717) is 19.4 Å². The topological polar surface area (TPSA) is 254 Å². The van der Waals surface area contributed by atoms with Crippen LogP contribution in [0, 0.1) is 0 Å². The Morgan fingerprint density at radius 1 is 0.812 bits per heavy atom. The van der Waals surface area contributed by atoms with Crippen molar-refractivity contribution in [3.05, 3.63) is 0 Å². The summed E-state index contributed by atoms with van der Waals surface area (Å²) in [4.78, 5) is 81.5. The summed E-state index contributed by atoms with van der Waals surface area (Å²) in [5.41, 5.74) is 5.10. The van der Waals surface area contributed by atoms with E-state index < -0.39 is 85.0 Å². The molecule has 0 spiro atoms. The van der Waals surface area contributed by atoms with E-state index in [1.807, 2.05) is 10.6 Å². The lowest BCUT2D eigenvalue weighted by Crippen LogP contribution is -2.58. The second-order valence-electron chi connectivity index (χ2n) is 7.04. The first kappa shape index (κ1) is 26.3. The van der Waals surface area contributed by atoms with E-state index in [4.69, 9.17) is 21.1 Å². The van der Waals surface area contributed by atoms with Crippen molar-refractivity contribution in [2.24, 2.45) is 5.73 Å². The number of primary amides is 1. The van der Waals surface area contributed by atoms with Gasteiger partial charge in [-0.15, -0.1) is 0 Å². The van der Waals surface area contributed by atoms with Crippen LogP contribution in [0.1, 0.15) is 32.1 Å². The second-order valence-corrected chi connectivity index (χ2v) is 7.04. The summed E-state index contributed by atoms with van der Waals surface area (Å²) in [6.07, 6.45) is -1.43. The molecular weight excluding hydrogens is 434 g/mol. The van der Waals surface area contributed by atoms with Gasteiger partial charge in [0.15, 0.2) is 0 Å². The van der Waals surface area contributed by atoms with Gasteiger partial charge in [-0.05, 0) is 19.4 Å². The summed E-state index contributed by atoms with van der Waals surface area (Å²) >= 11 is 0. The van der Waals surface area contributed by atoms with Gasteiger partial charge in [0.25, 0.3) is 0 Å². The molecule has 0 bridgehead atoms. The van der Waals surface area contributed by atoms with Crippen molar-refractivity contribution < 1.29 is 48.9 Å². The molecule has 32 heavy (non-hydrogen) atoms. The van der Waals surface area contributed by atoms with Gasteiger partial charge in [-0.1, -0.05) is 0 Å². The Hall–Kier alpha value is -3.75. The normalized spacial score (nSPS) is 17.9. The van der Waals surface area contributed by atoms with Crippen molar-refractivity contribution in [2.75, 3.05) is 6.54 Å². The minimum absolute atomic E-state index is 0.487. The van der Waals surface area contributed by atoms with Crippen LogP contribution in [0.15, 0.2) is 0 Å². The number of nitrogens with one attached hydrogen (secondary N) is 4. The maximum absolute atomic E-state index is 12.6. The molecule has 1 fully saturated rings. The molecule has 1 saturated heterocycles. The molecule has 0 aromatic rings. The summed E-state index contributed by atoms with van der Waals surface area (Å²) in [5, 5.41) is 35.8. The van der Waals surface area contributed by atoms with Crippen LogP contribution < -0.4 is 27.0 Å². The van der Waals surface area contributed by atoms with Gasteiger partial charge in [0.05, 0.1) is 25.3 Å². The molecule has 178 valence electrons. The maximum Gasteiger partial charge on any atom is 0.326 e. The Balaban J connectivity index is 2.95. The van der Waals surface area contributed by atoms with Crippen molar-refractivity contribution >= 4 is 41.5 Å². The van der Waals surface area contributed by atoms with Crippen molar-refractivity contribution in [3.8, 4) is 0 Å². The van der Waals surface area contributed by atoms with Crippen LogP contribution in [0.4, 0.5) is 0 Å². The van der Waals surface area contributed by atoms with Crippen molar-refractivity contribution in [1.82, 2.24) is 21.3 Å². The van der Waals surface area contributed by atoms with E-state index in [2.05, 4.69) is 10.6 Å². The standard InChI is InChI=1S/C17H25N5O10/c18-11(23)4-8(20-14(28)7-2-1-3-19-7)15(29)21-9(5-12(24)25)16(30)22-10(17(31)32)6-13(26)27/h7-10,19H,1-6H2,(H2,18,23)(H,20,28)(H,21,29)(H,22,30)(H,24,25)(H,26,27)(H,31,32).